The number of amides is 2. The molecule has 2 aromatic carbocycles. The molecule has 1 saturated heterocycles. The number of benzene rings is 2. The fourth-order valence-electron chi connectivity index (χ4n) is 4.31. The summed E-state index contributed by atoms with van der Waals surface area (Å²) in [5.41, 5.74) is 3.12. The third kappa shape index (κ3) is 6.79. The van der Waals surface area contributed by atoms with E-state index in [-0.39, 0.29) is 11.8 Å². The Morgan fingerprint density at radius 3 is 2.79 bits per heavy atom. The zero-order valence-electron chi connectivity index (χ0n) is 19.1. The van der Waals surface area contributed by atoms with Crippen LogP contribution in [0.5, 0.6) is 5.75 Å². The summed E-state index contributed by atoms with van der Waals surface area (Å²) in [5.74, 6) is 0.539. The smallest absolute Gasteiger partial charge is 0.251 e. The number of ether oxygens (including phenoxy) is 2. The molecule has 33 heavy (non-hydrogen) atoms. The van der Waals surface area contributed by atoms with Gasteiger partial charge in [0.25, 0.3) is 11.8 Å². The minimum Gasteiger partial charge on any atom is -0.491 e. The van der Waals surface area contributed by atoms with Crippen LogP contribution in [-0.2, 0) is 11.2 Å². The van der Waals surface area contributed by atoms with Gasteiger partial charge in [-0.05, 0) is 67.4 Å². The lowest BCUT2D eigenvalue weighted by atomic mass is 9.99. The molecule has 0 unspecified atom stereocenters. The number of likely N-dealkylation sites (tertiary alicyclic amines) is 1. The number of nitrogens with one attached hydrogen (secondary N) is 2. The Hall–Kier alpha value is -2.90. The van der Waals surface area contributed by atoms with Crippen molar-refractivity contribution in [3.63, 3.8) is 0 Å². The van der Waals surface area contributed by atoms with Crippen LogP contribution in [0.4, 0.5) is 0 Å². The Labute approximate surface area is 195 Å². The SMILES string of the molecule is O=C1NCCOCCOc2ccc(C(=O)NCCN3CCCCC3)cc2Cc2cccc1c2. The van der Waals surface area contributed by atoms with Crippen LogP contribution in [0.15, 0.2) is 42.5 Å². The zero-order chi connectivity index (χ0) is 22.9. The topological polar surface area (TPSA) is 79.9 Å². The highest BCUT2D eigenvalue weighted by Crippen LogP contribution is 2.24. The normalized spacial score (nSPS) is 17.8. The van der Waals surface area contributed by atoms with Crippen LogP contribution in [-0.4, -0.2) is 69.3 Å². The Morgan fingerprint density at radius 1 is 1.03 bits per heavy atom. The van der Waals surface area contributed by atoms with Gasteiger partial charge in [0.15, 0.2) is 0 Å². The molecule has 2 N–H and O–H groups in total. The summed E-state index contributed by atoms with van der Waals surface area (Å²) >= 11 is 0. The lowest BCUT2D eigenvalue weighted by molar-refractivity contribution is 0.0865. The second-order valence-corrected chi connectivity index (χ2v) is 8.57. The highest BCUT2D eigenvalue weighted by molar-refractivity contribution is 5.95. The molecule has 0 aliphatic carbocycles. The lowest BCUT2D eigenvalue weighted by Crippen LogP contribution is -2.37. The summed E-state index contributed by atoms with van der Waals surface area (Å²) in [6, 6.07) is 13.1. The number of fused-ring (bicyclic) bond motifs is 3. The quantitative estimate of drug-likeness (QED) is 0.747. The second kappa shape index (κ2) is 11.8. The van der Waals surface area contributed by atoms with Crippen LogP contribution in [0.1, 0.15) is 51.1 Å². The van der Waals surface area contributed by atoms with Gasteiger partial charge in [-0.25, -0.2) is 0 Å². The molecule has 0 saturated carbocycles. The Bertz CT molecular complexity index is 956. The standard InChI is InChI=1S/C26H33N3O4/c30-25-21-6-4-5-20(17-21)18-23-19-22(7-8-24(23)33-16-15-32-14-10-28-25)26(31)27-9-13-29-11-2-1-3-12-29/h4-8,17,19H,1-3,9-16,18H2,(H,27,31)(H,28,30). The zero-order valence-corrected chi connectivity index (χ0v) is 19.1. The molecule has 2 bridgehead atoms. The Kier molecular flexibility index (Phi) is 8.33. The maximum absolute atomic E-state index is 12.8. The van der Waals surface area contributed by atoms with Gasteiger partial charge in [-0.2, -0.15) is 0 Å². The van der Waals surface area contributed by atoms with E-state index in [1.54, 1.807) is 6.07 Å². The molecule has 2 heterocycles. The number of carbonyl (C=O) groups excluding carboxylic acids is 2. The maximum atomic E-state index is 12.8. The van der Waals surface area contributed by atoms with Gasteiger partial charge in [0.05, 0.1) is 13.2 Å². The third-order valence-electron chi connectivity index (χ3n) is 6.09. The summed E-state index contributed by atoms with van der Waals surface area (Å²) < 4.78 is 11.5. The molecule has 7 nitrogen and oxygen atoms in total. The monoisotopic (exact) mass is 451 g/mol. The molecule has 0 spiro atoms. The largest absolute Gasteiger partial charge is 0.491 e. The molecular weight excluding hydrogens is 418 g/mol. The van der Waals surface area contributed by atoms with Crippen LogP contribution >= 0.6 is 0 Å². The maximum Gasteiger partial charge on any atom is 0.251 e. The number of carbonyl (C=O) groups is 2. The van der Waals surface area contributed by atoms with Crippen molar-refractivity contribution in [3.05, 3.63) is 64.7 Å². The molecule has 176 valence electrons. The van der Waals surface area contributed by atoms with E-state index in [0.717, 1.165) is 36.5 Å². The van der Waals surface area contributed by atoms with Crippen molar-refractivity contribution in [1.29, 1.82) is 0 Å². The van der Waals surface area contributed by atoms with E-state index in [4.69, 9.17) is 9.47 Å². The number of rotatable bonds is 4. The number of nitrogens with zero attached hydrogens (tertiary/aromatic N) is 1. The van der Waals surface area contributed by atoms with Crippen LogP contribution < -0.4 is 15.4 Å². The minimum atomic E-state index is -0.115. The molecule has 2 aromatic rings. The van der Waals surface area contributed by atoms with E-state index in [0.29, 0.717) is 50.5 Å². The van der Waals surface area contributed by atoms with Gasteiger partial charge in [-0.3, -0.25) is 9.59 Å². The molecule has 7 heteroatoms. The first-order valence-electron chi connectivity index (χ1n) is 11.9. The fraction of sp³-hybridized carbons (Fsp3) is 0.462. The Morgan fingerprint density at radius 2 is 1.91 bits per heavy atom. The van der Waals surface area contributed by atoms with Gasteiger partial charge in [0.1, 0.15) is 12.4 Å². The average Bonchev–Trinajstić information content (AvgIpc) is 2.84. The summed E-state index contributed by atoms with van der Waals surface area (Å²) in [6.07, 6.45) is 4.35. The van der Waals surface area contributed by atoms with Crippen molar-refractivity contribution < 1.29 is 19.1 Å². The van der Waals surface area contributed by atoms with E-state index in [1.165, 1.54) is 19.3 Å². The van der Waals surface area contributed by atoms with Crippen LogP contribution in [0.2, 0.25) is 0 Å². The fourth-order valence-corrected chi connectivity index (χ4v) is 4.31. The van der Waals surface area contributed by atoms with Crippen molar-refractivity contribution in [3.8, 4) is 5.75 Å². The van der Waals surface area contributed by atoms with Gasteiger partial charge in [-0.1, -0.05) is 18.6 Å². The first-order valence-corrected chi connectivity index (χ1v) is 11.9. The third-order valence-corrected chi connectivity index (χ3v) is 6.09. The number of hydrogen-bond acceptors (Lipinski definition) is 5. The van der Waals surface area contributed by atoms with E-state index in [2.05, 4.69) is 15.5 Å². The van der Waals surface area contributed by atoms with Gasteiger partial charge in [-0.15, -0.1) is 0 Å². The Balaban J connectivity index is 1.48. The van der Waals surface area contributed by atoms with Crippen LogP contribution in [0.3, 0.4) is 0 Å². The molecule has 0 radical (unpaired) electrons. The van der Waals surface area contributed by atoms with Gasteiger partial charge < -0.3 is 25.0 Å². The van der Waals surface area contributed by atoms with Crippen molar-refractivity contribution in [1.82, 2.24) is 15.5 Å². The minimum absolute atomic E-state index is 0.0781. The summed E-state index contributed by atoms with van der Waals surface area (Å²) in [4.78, 5) is 27.6. The highest BCUT2D eigenvalue weighted by atomic mass is 16.5. The highest BCUT2D eigenvalue weighted by Gasteiger charge is 2.14. The van der Waals surface area contributed by atoms with Gasteiger partial charge in [0.2, 0.25) is 0 Å². The summed E-state index contributed by atoms with van der Waals surface area (Å²) in [6.45, 7) is 5.48. The van der Waals surface area contributed by atoms with E-state index in [1.807, 2.05) is 36.4 Å². The van der Waals surface area contributed by atoms with E-state index < -0.39 is 0 Å². The van der Waals surface area contributed by atoms with Crippen molar-refractivity contribution in [2.24, 2.45) is 0 Å². The summed E-state index contributed by atoms with van der Waals surface area (Å²) in [7, 11) is 0. The molecular formula is C26H33N3O4. The number of piperidine rings is 1. The lowest BCUT2D eigenvalue weighted by Gasteiger charge is -2.26. The van der Waals surface area contributed by atoms with E-state index >= 15 is 0 Å². The van der Waals surface area contributed by atoms with Crippen LogP contribution in [0.25, 0.3) is 0 Å². The van der Waals surface area contributed by atoms with Crippen molar-refractivity contribution in [2.75, 3.05) is 52.5 Å². The summed E-state index contributed by atoms with van der Waals surface area (Å²) in [5, 5.41) is 5.92. The van der Waals surface area contributed by atoms with Crippen molar-refractivity contribution in [2.45, 2.75) is 25.7 Å². The molecule has 1 fully saturated rings. The molecule has 2 aliphatic heterocycles. The average molecular weight is 452 g/mol. The van der Waals surface area contributed by atoms with Crippen molar-refractivity contribution >= 4 is 11.8 Å². The molecule has 2 aliphatic rings. The first-order chi connectivity index (χ1) is 16.2. The molecule has 4 rings (SSSR count). The first kappa shape index (κ1) is 23.3. The van der Waals surface area contributed by atoms with Gasteiger partial charge in [0, 0.05) is 37.2 Å². The molecule has 2 amide bonds. The van der Waals surface area contributed by atoms with E-state index in [9.17, 15) is 9.59 Å². The molecule has 0 aromatic heterocycles. The predicted molar refractivity (Wildman–Crippen MR) is 127 cm³/mol. The predicted octanol–water partition coefficient (Wildman–Crippen LogP) is 2.63. The molecule has 0 atom stereocenters. The number of hydrogen-bond donors (Lipinski definition) is 2. The second-order valence-electron chi connectivity index (χ2n) is 8.57. The van der Waals surface area contributed by atoms with Gasteiger partial charge >= 0.3 is 0 Å². The van der Waals surface area contributed by atoms with Crippen LogP contribution in [0, 0.1) is 0 Å².